The van der Waals surface area contributed by atoms with Crippen LogP contribution in [0.15, 0.2) is 28.8 Å². The van der Waals surface area contributed by atoms with Gasteiger partial charge in [0.15, 0.2) is 16.7 Å². The average molecular weight is 487 g/mol. The molecule has 1 aromatic carbocycles. The van der Waals surface area contributed by atoms with Crippen molar-refractivity contribution < 1.29 is 19.2 Å². The molecule has 3 rings (SSSR count). The minimum atomic E-state index is -1.69. The Morgan fingerprint density at radius 2 is 2.23 bits per heavy atom. The molecule has 0 spiro atoms. The lowest BCUT2D eigenvalue weighted by Crippen LogP contribution is -2.70. The number of aliphatic hydroxyl groups is 1. The molecule has 0 aliphatic carbocycles. The maximum atomic E-state index is 13.4. The highest BCUT2D eigenvalue weighted by atomic mass is 35.5. The predicted molar refractivity (Wildman–Crippen MR) is 122 cm³/mol. The molecule has 0 radical (unpaired) electrons. The van der Waals surface area contributed by atoms with E-state index in [1.54, 1.807) is 43.2 Å². The first-order valence-electron chi connectivity index (χ1n) is 9.57. The number of hydrogen-bond donors (Lipinski definition) is 3. The average Bonchev–Trinajstić information content (AvgIpc) is 3.07. The van der Waals surface area contributed by atoms with Crippen molar-refractivity contribution >= 4 is 52.3 Å². The van der Waals surface area contributed by atoms with Gasteiger partial charge in [-0.15, -0.1) is 0 Å². The van der Waals surface area contributed by atoms with Crippen LogP contribution in [0.1, 0.15) is 31.2 Å². The van der Waals surface area contributed by atoms with E-state index >= 15 is 0 Å². The van der Waals surface area contributed by atoms with E-state index in [0.29, 0.717) is 16.3 Å². The Balaban J connectivity index is 2.07. The van der Waals surface area contributed by atoms with Crippen molar-refractivity contribution in [3.8, 4) is 0 Å². The molecule has 0 saturated carbocycles. The van der Waals surface area contributed by atoms with Crippen molar-refractivity contribution in [1.82, 2.24) is 15.4 Å². The van der Waals surface area contributed by atoms with Gasteiger partial charge < -0.3 is 29.9 Å². The van der Waals surface area contributed by atoms with Crippen LogP contribution in [-0.4, -0.2) is 51.7 Å². The number of hydrogen-bond acceptors (Lipinski definition) is 6. The number of rotatable bonds is 6. The molecule has 4 atom stereocenters. The molecule has 0 bridgehead atoms. The van der Waals surface area contributed by atoms with E-state index in [9.17, 15) is 9.90 Å². The minimum Gasteiger partial charge on any atom is -0.383 e. The molecule has 1 amide bonds. The molecular formula is C20H24Cl2N4O4S. The highest BCUT2D eigenvalue weighted by Crippen LogP contribution is 2.42. The van der Waals surface area contributed by atoms with Crippen LogP contribution in [0.4, 0.5) is 5.82 Å². The number of ether oxygens (including phenoxy) is 1. The standard InChI is InChI=1S/C20H24Cl2N4O4S/c1-10(9-29-4)26-19(31)24-17(12-6-5-7-13(21)16(12)22)15(20(26,3)28)18(27)23-14-8-11(2)30-25-14/h5-8,10,15,17,28H,9H2,1-4H3,(H,24,31)(H,23,25,27)/t10-,15+,17+,20-/m0/s1. The number of aromatic nitrogens is 1. The van der Waals surface area contributed by atoms with Gasteiger partial charge >= 0.3 is 0 Å². The summed E-state index contributed by atoms with van der Waals surface area (Å²) in [6.07, 6.45) is 0. The van der Waals surface area contributed by atoms with E-state index in [-0.39, 0.29) is 28.6 Å². The number of amides is 1. The van der Waals surface area contributed by atoms with Gasteiger partial charge in [-0.2, -0.15) is 0 Å². The molecule has 11 heteroatoms. The molecule has 168 valence electrons. The summed E-state index contributed by atoms with van der Waals surface area (Å²) in [6.45, 7) is 5.38. The molecule has 1 saturated heterocycles. The minimum absolute atomic E-state index is 0.235. The van der Waals surface area contributed by atoms with E-state index in [1.807, 2.05) is 6.92 Å². The number of carbonyl (C=O) groups is 1. The fraction of sp³-hybridized carbons (Fsp3) is 0.450. The van der Waals surface area contributed by atoms with Gasteiger partial charge in [0.2, 0.25) is 5.91 Å². The van der Waals surface area contributed by atoms with Crippen molar-refractivity contribution in [2.75, 3.05) is 19.0 Å². The van der Waals surface area contributed by atoms with Crippen LogP contribution in [0, 0.1) is 12.8 Å². The van der Waals surface area contributed by atoms with Crippen LogP contribution in [0.3, 0.4) is 0 Å². The number of aryl methyl sites for hydroxylation is 1. The summed E-state index contributed by atoms with van der Waals surface area (Å²) in [6, 6.07) is 5.61. The quantitative estimate of drug-likeness (QED) is 0.533. The summed E-state index contributed by atoms with van der Waals surface area (Å²) in [5, 5.41) is 22.2. The van der Waals surface area contributed by atoms with Crippen molar-refractivity contribution in [1.29, 1.82) is 0 Å². The molecule has 1 aliphatic rings. The highest BCUT2D eigenvalue weighted by Gasteiger charge is 2.54. The first-order chi connectivity index (χ1) is 14.6. The summed E-state index contributed by atoms with van der Waals surface area (Å²) in [7, 11) is 1.55. The zero-order valence-electron chi connectivity index (χ0n) is 17.5. The number of nitrogens with zero attached hydrogens (tertiary/aromatic N) is 2. The normalized spacial score (nSPS) is 24.6. The second-order valence-electron chi connectivity index (χ2n) is 7.63. The Morgan fingerprint density at radius 3 is 2.84 bits per heavy atom. The molecule has 2 heterocycles. The van der Waals surface area contributed by atoms with Gasteiger partial charge in [-0.05, 0) is 44.6 Å². The molecule has 8 nitrogen and oxygen atoms in total. The van der Waals surface area contributed by atoms with Crippen molar-refractivity contribution in [2.45, 2.75) is 38.6 Å². The topological polar surface area (TPSA) is 99.9 Å². The third-order valence-electron chi connectivity index (χ3n) is 5.23. The number of halogens is 2. The van der Waals surface area contributed by atoms with E-state index in [0.717, 1.165) is 0 Å². The maximum Gasteiger partial charge on any atom is 0.236 e. The summed E-state index contributed by atoms with van der Waals surface area (Å²) in [4.78, 5) is 15.0. The lowest BCUT2D eigenvalue weighted by Gasteiger charge is -2.53. The molecule has 31 heavy (non-hydrogen) atoms. The first-order valence-corrected chi connectivity index (χ1v) is 10.7. The zero-order chi connectivity index (χ0) is 22.9. The van der Waals surface area contributed by atoms with Gasteiger partial charge in [-0.1, -0.05) is 40.5 Å². The second kappa shape index (κ2) is 9.30. The molecule has 1 aliphatic heterocycles. The number of anilines is 1. The molecule has 3 N–H and O–H groups in total. The third kappa shape index (κ3) is 4.65. The van der Waals surface area contributed by atoms with Crippen molar-refractivity contribution in [3.63, 3.8) is 0 Å². The van der Waals surface area contributed by atoms with Gasteiger partial charge in [-0.25, -0.2) is 0 Å². The van der Waals surface area contributed by atoms with E-state index in [1.165, 1.54) is 6.92 Å². The molecule has 2 aromatic rings. The summed E-state index contributed by atoms with van der Waals surface area (Å²) >= 11 is 18.2. The Bertz CT molecular complexity index is 984. The van der Waals surface area contributed by atoms with Crippen molar-refractivity contribution in [3.05, 3.63) is 45.6 Å². The van der Waals surface area contributed by atoms with E-state index in [4.69, 9.17) is 44.7 Å². The number of benzene rings is 1. The highest BCUT2D eigenvalue weighted by molar-refractivity contribution is 7.80. The van der Waals surface area contributed by atoms with E-state index < -0.39 is 23.6 Å². The third-order valence-corrected chi connectivity index (χ3v) is 6.38. The molecule has 0 unspecified atom stereocenters. The lowest BCUT2D eigenvalue weighted by atomic mass is 9.81. The Hall–Kier alpha value is -1.91. The van der Waals surface area contributed by atoms with Gasteiger partial charge in [0, 0.05) is 13.2 Å². The van der Waals surface area contributed by atoms with E-state index in [2.05, 4.69) is 15.8 Å². The Labute approximate surface area is 195 Å². The fourth-order valence-corrected chi connectivity index (χ4v) is 4.88. The van der Waals surface area contributed by atoms with Crippen LogP contribution in [0.25, 0.3) is 0 Å². The SMILES string of the molecule is COC[C@H](C)N1C(=S)N[C@H](c2cccc(Cl)c2Cl)[C@H](C(=O)Nc2cc(C)on2)[C@]1(C)O. The number of carbonyl (C=O) groups excluding carboxylic acids is 1. The lowest BCUT2D eigenvalue weighted by molar-refractivity contribution is -0.159. The number of thiocarbonyl (C=S) groups is 1. The van der Waals surface area contributed by atoms with Crippen molar-refractivity contribution in [2.24, 2.45) is 5.92 Å². The summed E-state index contributed by atoms with van der Waals surface area (Å²) in [5.74, 6) is -0.774. The summed E-state index contributed by atoms with van der Waals surface area (Å²) in [5.41, 5.74) is -1.16. The molecule has 1 aromatic heterocycles. The molecule has 1 fully saturated rings. The fourth-order valence-electron chi connectivity index (χ4n) is 3.97. The van der Waals surface area contributed by atoms with Crippen LogP contribution in [0.5, 0.6) is 0 Å². The number of nitrogens with one attached hydrogen (secondary N) is 2. The van der Waals surface area contributed by atoms with Gasteiger partial charge in [0.1, 0.15) is 11.7 Å². The second-order valence-corrected chi connectivity index (χ2v) is 8.80. The first kappa shape index (κ1) is 23.7. The zero-order valence-corrected chi connectivity index (χ0v) is 19.8. The van der Waals surface area contributed by atoms with Crippen LogP contribution >= 0.6 is 35.4 Å². The Kier molecular flexibility index (Phi) is 7.12. The predicted octanol–water partition coefficient (Wildman–Crippen LogP) is 3.52. The maximum absolute atomic E-state index is 13.4. The summed E-state index contributed by atoms with van der Waals surface area (Å²) < 4.78 is 10.3. The molecular weight excluding hydrogens is 463 g/mol. The smallest absolute Gasteiger partial charge is 0.236 e. The number of methoxy groups -OCH3 is 1. The van der Waals surface area contributed by atoms with Gasteiger partial charge in [-0.3, -0.25) is 4.79 Å². The van der Waals surface area contributed by atoms with Gasteiger partial charge in [0.05, 0.1) is 28.7 Å². The van der Waals surface area contributed by atoms with Crippen LogP contribution in [0.2, 0.25) is 10.0 Å². The van der Waals surface area contributed by atoms with Crippen LogP contribution < -0.4 is 10.6 Å². The Morgan fingerprint density at radius 1 is 1.52 bits per heavy atom. The largest absolute Gasteiger partial charge is 0.383 e. The van der Waals surface area contributed by atoms with Gasteiger partial charge in [0.25, 0.3) is 0 Å². The van der Waals surface area contributed by atoms with Crippen LogP contribution in [-0.2, 0) is 9.53 Å². The monoisotopic (exact) mass is 486 g/mol.